The second-order valence-electron chi connectivity index (χ2n) is 7.96. The number of hydrogen-bond donors (Lipinski definition) is 1. The Morgan fingerprint density at radius 1 is 1.10 bits per heavy atom. The van der Waals surface area contributed by atoms with Crippen LogP contribution in [0.3, 0.4) is 0 Å². The zero-order chi connectivity index (χ0) is 21.2. The van der Waals surface area contributed by atoms with Gasteiger partial charge in [-0.05, 0) is 29.7 Å². The molecule has 3 aromatic rings. The maximum absolute atomic E-state index is 12.3. The second-order valence-corrected chi connectivity index (χ2v) is 7.96. The molecule has 4 heterocycles. The third-order valence-corrected chi connectivity index (χ3v) is 5.93. The largest absolute Gasteiger partial charge is 0.441 e. The van der Waals surface area contributed by atoms with Gasteiger partial charge in [-0.15, -0.1) is 0 Å². The van der Waals surface area contributed by atoms with Crippen molar-refractivity contribution in [2.24, 2.45) is 0 Å². The fourth-order valence-electron chi connectivity index (χ4n) is 4.05. The number of carbonyl (C=O) groups excluding carboxylic acids is 1. The molecule has 8 nitrogen and oxygen atoms in total. The molecule has 0 radical (unpaired) electrons. The van der Waals surface area contributed by atoms with Crippen molar-refractivity contribution in [3.63, 3.8) is 0 Å². The maximum atomic E-state index is 12.3. The van der Waals surface area contributed by atoms with Crippen LogP contribution in [-0.4, -0.2) is 77.8 Å². The Morgan fingerprint density at radius 2 is 1.87 bits per heavy atom. The van der Waals surface area contributed by atoms with E-state index < -0.39 is 0 Å². The molecule has 5 rings (SSSR count). The first-order valence-electron chi connectivity index (χ1n) is 10.7. The predicted molar refractivity (Wildman–Crippen MR) is 116 cm³/mol. The standard InChI is InChI=1S/C23H26N4O4/c28-12-6-17-1-3-18(4-2-17)19-13-22-21(5-7-24-27(22)14-19)25-8-10-26(11-9-25)23(29)31-20-15-30-16-20/h1-5,7,13-14,20,28H,6,8-12,15-16H2. The first kappa shape index (κ1) is 19.8. The number of piperazine rings is 1. The third-order valence-electron chi connectivity index (χ3n) is 5.93. The highest BCUT2D eigenvalue weighted by Gasteiger charge is 2.28. The summed E-state index contributed by atoms with van der Waals surface area (Å²) in [5.74, 6) is 0. The van der Waals surface area contributed by atoms with Crippen LogP contribution in [0.5, 0.6) is 0 Å². The van der Waals surface area contributed by atoms with Gasteiger partial charge in [0, 0.05) is 50.7 Å². The molecule has 0 saturated carbocycles. The van der Waals surface area contributed by atoms with Gasteiger partial charge in [0.25, 0.3) is 0 Å². The average molecular weight is 422 g/mol. The molecule has 0 atom stereocenters. The molecule has 0 bridgehead atoms. The van der Waals surface area contributed by atoms with Gasteiger partial charge in [0.05, 0.1) is 24.4 Å². The van der Waals surface area contributed by atoms with Gasteiger partial charge in [0.15, 0.2) is 6.10 Å². The van der Waals surface area contributed by atoms with E-state index >= 15 is 0 Å². The Hall–Kier alpha value is -3.10. The SMILES string of the molecule is O=C(OC1COC1)N1CCN(c2ccnn3cc(-c4ccc(CCO)cc4)cc23)CC1. The molecule has 2 aliphatic heterocycles. The van der Waals surface area contributed by atoms with E-state index in [0.29, 0.717) is 32.7 Å². The van der Waals surface area contributed by atoms with Crippen LogP contribution >= 0.6 is 0 Å². The van der Waals surface area contributed by atoms with E-state index in [1.54, 1.807) is 4.90 Å². The highest BCUT2D eigenvalue weighted by atomic mass is 16.6. The van der Waals surface area contributed by atoms with Crippen molar-refractivity contribution >= 4 is 17.3 Å². The zero-order valence-corrected chi connectivity index (χ0v) is 17.3. The summed E-state index contributed by atoms with van der Waals surface area (Å²) < 4.78 is 12.4. The van der Waals surface area contributed by atoms with Crippen LogP contribution in [0.2, 0.25) is 0 Å². The highest BCUT2D eigenvalue weighted by molar-refractivity contribution is 5.80. The van der Waals surface area contributed by atoms with E-state index in [-0.39, 0.29) is 18.8 Å². The molecule has 31 heavy (non-hydrogen) atoms. The number of rotatable bonds is 5. The molecule has 0 aliphatic carbocycles. The van der Waals surface area contributed by atoms with Gasteiger partial charge in [-0.1, -0.05) is 24.3 Å². The number of benzene rings is 1. The van der Waals surface area contributed by atoms with Gasteiger partial charge in [0.1, 0.15) is 0 Å². The van der Waals surface area contributed by atoms with Gasteiger partial charge in [-0.25, -0.2) is 9.31 Å². The van der Waals surface area contributed by atoms with Crippen LogP contribution in [0.15, 0.2) is 48.8 Å². The Kier molecular flexibility index (Phi) is 5.48. The lowest BCUT2D eigenvalue weighted by molar-refractivity contribution is -0.104. The molecular formula is C23H26N4O4. The van der Waals surface area contributed by atoms with Crippen molar-refractivity contribution in [1.82, 2.24) is 14.5 Å². The molecule has 0 unspecified atom stereocenters. The number of aromatic nitrogens is 2. The summed E-state index contributed by atoms with van der Waals surface area (Å²) in [6.07, 6.45) is 4.17. The summed E-state index contributed by atoms with van der Waals surface area (Å²) in [6.45, 7) is 3.89. The number of carbonyl (C=O) groups is 1. The number of fused-ring (bicyclic) bond motifs is 1. The molecular weight excluding hydrogens is 396 g/mol. The van der Waals surface area contributed by atoms with Gasteiger partial charge in [-0.3, -0.25) is 0 Å². The number of aliphatic hydroxyl groups excluding tert-OH is 1. The number of nitrogens with zero attached hydrogens (tertiary/aromatic N) is 4. The normalized spacial score (nSPS) is 17.1. The van der Waals surface area contributed by atoms with Crippen molar-refractivity contribution in [3.05, 3.63) is 54.4 Å². The summed E-state index contributed by atoms with van der Waals surface area (Å²) in [5.41, 5.74) is 5.49. The smallest absolute Gasteiger partial charge is 0.410 e. The van der Waals surface area contributed by atoms with Crippen molar-refractivity contribution in [2.75, 3.05) is 50.9 Å². The average Bonchev–Trinajstić information content (AvgIpc) is 3.21. The number of hydrogen-bond acceptors (Lipinski definition) is 6. The van der Waals surface area contributed by atoms with E-state index in [9.17, 15) is 4.79 Å². The van der Waals surface area contributed by atoms with Crippen LogP contribution in [0.25, 0.3) is 16.6 Å². The van der Waals surface area contributed by atoms with Crippen LogP contribution in [0.4, 0.5) is 10.5 Å². The molecule has 162 valence electrons. The lowest BCUT2D eigenvalue weighted by Crippen LogP contribution is -2.51. The van der Waals surface area contributed by atoms with E-state index in [0.717, 1.165) is 41.0 Å². The van der Waals surface area contributed by atoms with Gasteiger partial charge < -0.3 is 24.4 Å². The molecule has 2 aromatic heterocycles. The van der Waals surface area contributed by atoms with E-state index in [1.165, 1.54) is 0 Å². The molecule has 8 heteroatoms. The fourth-order valence-corrected chi connectivity index (χ4v) is 4.05. The van der Waals surface area contributed by atoms with Crippen LogP contribution < -0.4 is 4.90 Å². The van der Waals surface area contributed by atoms with Crippen molar-refractivity contribution < 1.29 is 19.4 Å². The van der Waals surface area contributed by atoms with E-state index in [1.807, 2.05) is 23.0 Å². The Balaban J connectivity index is 1.31. The fraction of sp³-hybridized carbons (Fsp3) is 0.391. The lowest BCUT2D eigenvalue weighted by atomic mass is 10.1. The summed E-state index contributed by atoms with van der Waals surface area (Å²) in [7, 11) is 0. The minimum atomic E-state index is -0.248. The monoisotopic (exact) mass is 422 g/mol. The summed E-state index contributed by atoms with van der Waals surface area (Å²) in [4.78, 5) is 16.3. The lowest BCUT2D eigenvalue weighted by Gasteiger charge is -2.37. The molecule has 0 spiro atoms. The molecule has 2 aliphatic rings. The van der Waals surface area contributed by atoms with E-state index in [2.05, 4.69) is 40.3 Å². The van der Waals surface area contributed by atoms with Crippen molar-refractivity contribution in [1.29, 1.82) is 0 Å². The van der Waals surface area contributed by atoms with Crippen LogP contribution in [0.1, 0.15) is 5.56 Å². The number of ether oxygens (including phenoxy) is 2. The second kappa shape index (κ2) is 8.56. The minimum Gasteiger partial charge on any atom is -0.441 e. The summed E-state index contributed by atoms with van der Waals surface area (Å²) in [6, 6.07) is 12.4. The topological polar surface area (TPSA) is 79.5 Å². The number of anilines is 1. The molecule has 2 fully saturated rings. The van der Waals surface area contributed by atoms with Gasteiger partial charge >= 0.3 is 6.09 Å². The van der Waals surface area contributed by atoms with E-state index in [4.69, 9.17) is 14.6 Å². The third kappa shape index (κ3) is 4.08. The number of aliphatic hydroxyl groups is 1. The predicted octanol–water partition coefficient (Wildman–Crippen LogP) is 2.19. The van der Waals surface area contributed by atoms with Gasteiger partial charge in [0.2, 0.25) is 0 Å². The quantitative estimate of drug-likeness (QED) is 0.679. The molecule has 1 aromatic carbocycles. The van der Waals surface area contributed by atoms with Crippen molar-refractivity contribution in [2.45, 2.75) is 12.5 Å². The number of amides is 1. The Labute approximate surface area is 180 Å². The Morgan fingerprint density at radius 3 is 2.55 bits per heavy atom. The van der Waals surface area contributed by atoms with Crippen LogP contribution in [0, 0.1) is 0 Å². The molecule has 1 amide bonds. The summed E-state index contributed by atoms with van der Waals surface area (Å²) >= 11 is 0. The molecule has 2 saturated heterocycles. The zero-order valence-electron chi connectivity index (χ0n) is 17.3. The van der Waals surface area contributed by atoms with Gasteiger partial charge in [-0.2, -0.15) is 5.10 Å². The molecule has 1 N–H and O–H groups in total. The first-order valence-corrected chi connectivity index (χ1v) is 10.7. The summed E-state index contributed by atoms with van der Waals surface area (Å²) in [5, 5.41) is 13.6. The Bertz CT molecular complexity index is 1050. The first-order chi connectivity index (χ1) is 15.2. The van der Waals surface area contributed by atoms with Crippen LogP contribution in [-0.2, 0) is 15.9 Å². The maximum Gasteiger partial charge on any atom is 0.410 e. The van der Waals surface area contributed by atoms with Crippen molar-refractivity contribution in [3.8, 4) is 11.1 Å². The minimum absolute atomic E-state index is 0.0952. The highest BCUT2D eigenvalue weighted by Crippen LogP contribution is 2.29.